The first-order valence-electron chi connectivity index (χ1n) is 7.51. The lowest BCUT2D eigenvalue weighted by Gasteiger charge is -2.07. The van der Waals surface area contributed by atoms with E-state index in [1.54, 1.807) is 13.2 Å². The molecule has 1 aromatic carbocycles. The number of methoxy groups -OCH3 is 1. The average Bonchev–Trinajstić information content (AvgIpc) is 2.62. The predicted octanol–water partition coefficient (Wildman–Crippen LogP) is 1.64. The minimum Gasteiger partial charge on any atom is -0.497 e. The molecule has 0 radical (unpaired) electrons. The number of hydrogen-bond acceptors (Lipinski definition) is 7. The first-order valence-corrected chi connectivity index (χ1v) is 7.51. The highest BCUT2D eigenvalue weighted by atomic mass is 16.6. The van der Waals surface area contributed by atoms with Crippen LogP contribution in [-0.2, 0) is 4.74 Å². The van der Waals surface area contributed by atoms with Crippen LogP contribution in [-0.4, -0.2) is 48.3 Å². The smallest absolute Gasteiger partial charge is 0.274 e. The van der Waals surface area contributed by atoms with Crippen LogP contribution in [0, 0.1) is 10.1 Å². The lowest BCUT2D eigenvalue weighted by molar-refractivity contribution is -0.385. The highest BCUT2D eigenvalue weighted by Gasteiger charge is 2.05. The van der Waals surface area contributed by atoms with E-state index in [-0.39, 0.29) is 17.7 Å². The van der Waals surface area contributed by atoms with Crippen molar-refractivity contribution in [2.75, 3.05) is 33.5 Å². The van der Waals surface area contributed by atoms with Crippen molar-refractivity contribution in [3.8, 4) is 11.5 Å². The fourth-order valence-corrected chi connectivity index (χ4v) is 1.94. The Labute approximate surface area is 143 Å². The van der Waals surface area contributed by atoms with Gasteiger partial charge in [0.2, 0.25) is 0 Å². The van der Waals surface area contributed by atoms with Crippen molar-refractivity contribution in [1.82, 2.24) is 4.73 Å². The molecule has 0 spiro atoms. The summed E-state index contributed by atoms with van der Waals surface area (Å²) in [4.78, 5) is 14.2. The lowest BCUT2D eigenvalue weighted by atomic mass is 10.3. The van der Waals surface area contributed by atoms with Crippen molar-refractivity contribution >= 4 is 5.69 Å². The summed E-state index contributed by atoms with van der Waals surface area (Å²) in [5.74, 6) is 1.40. The molecule has 2 aromatic rings. The van der Waals surface area contributed by atoms with Crippen molar-refractivity contribution in [2.45, 2.75) is 0 Å². The van der Waals surface area contributed by atoms with Crippen molar-refractivity contribution in [2.24, 2.45) is 4.99 Å². The lowest BCUT2D eigenvalue weighted by Crippen LogP contribution is -2.19. The number of ether oxygens (including phenoxy) is 3. The van der Waals surface area contributed by atoms with E-state index in [1.807, 2.05) is 18.2 Å². The van der Waals surface area contributed by atoms with Crippen LogP contribution in [0.25, 0.3) is 0 Å². The second-order valence-electron chi connectivity index (χ2n) is 4.87. The van der Waals surface area contributed by atoms with Crippen LogP contribution in [0.3, 0.4) is 0 Å². The average molecular weight is 349 g/mol. The highest BCUT2D eigenvalue weighted by Crippen LogP contribution is 2.18. The summed E-state index contributed by atoms with van der Waals surface area (Å²) in [6, 6.07) is 9.62. The number of aromatic nitrogens is 1. The zero-order valence-electron chi connectivity index (χ0n) is 13.7. The fourth-order valence-electron chi connectivity index (χ4n) is 1.94. The Morgan fingerprint density at radius 1 is 1.20 bits per heavy atom. The van der Waals surface area contributed by atoms with Gasteiger partial charge in [-0.15, -0.1) is 0 Å². The molecule has 0 bridgehead atoms. The van der Waals surface area contributed by atoms with Gasteiger partial charge >= 0.3 is 0 Å². The number of rotatable bonds is 9. The van der Waals surface area contributed by atoms with Crippen molar-refractivity contribution < 1.29 is 24.3 Å². The predicted molar refractivity (Wildman–Crippen MR) is 88.0 cm³/mol. The molecule has 0 aliphatic rings. The summed E-state index contributed by atoms with van der Waals surface area (Å²) in [6.45, 7) is 1.27. The van der Waals surface area contributed by atoms with Gasteiger partial charge in [0.15, 0.2) is 5.49 Å². The Morgan fingerprint density at radius 2 is 2.00 bits per heavy atom. The molecule has 9 heteroatoms. The molecular weight excluding hydrogens is 330 g/mol. The standard InChI is InChI=1S/C16H19N3O6/c1-23-14-3-2-4-15(12-14)25-10-9-24-8-6-17-16-11-13(19(21)22)5-7-18(16)20/h2-5,7,11-12,20H,6,8-10H2,1H3. The van der Waals surface area contributed by atoms with E-state index in [1.165, 1.54) is 18.3 Å². The van der Waals surface area contributed by atoms with Gasteiger partial charge in [-0.3, -0.25) is 15.1 Å². The van der Waals surface area contributed by atoms with Gasteiger partial charge in [0.25, 0.3) is 5.69 Å². The second kappa shape index (κ2) is 9.28. The van der Waals surface area contributed by atoms with Gasteiger partial charge in [0.1, 0.15) is 18.1 Å². The summed E-state index contributed by atoms with van der Waals surface area (Å²) in [6.07, 6.45) is 1.17. The zero-order chi connectivity index (χ0) is 18.1. The summed E-state index contributed by atoms with van der Waals surface area (Å²) in [7, 11) is 1.59. The fraction of sp³-hybridized carbons (Fsp3) is 0.312. The minimum atomic E-state index is -0.550. The number of benzene rings is 1. The van der Waals surface area contributed by atoms with Crippen LogP contribution in [0.15, 0.2) is 47.6 Å². The Hall–Kier alpha value is -3.07. The molecule has 134 valence electrons. The van der Waals surface area contributed by atoms with Crippen LogP contribution in [0.4, 0.5) is 5.69 Å². The largest absolute Gasteiger partial charge is 0.497 e. The Morgan fingerprint density at radius 3 is 2.76 bits per heavy atom. The molecule has 2 rings (SSSR count). The van der Waals surface area contributed by atoms with Gasteiger partial charge in [-0.2, -0.15) is 4.73 Å². The quantitative estimate of drug-likeness (QED) is 0.319. The van der Waals surface area contributed by atoms with Crippen molar-refractivity contribution in [3.63, 3.8) is 0 Å². The third-order valence-electron chi connectivity index (χ3n) is 3.16. The number of hydrogen-bond donors (Lipinski definition) is 1. The molecule has 1 N–H and O–H groups in total. The maximum Gasteiger partial charge on any atom is 0.274 e. The number of pyridine rings is 1. The molecule has 1 aromatic heterocycles. The van der Waals surface area contributed by atoms with Crippen LogP contribution in [0.5, 0.6) is 11.5 Å². The summed E-state index contributed by atoms with van der Waals surface area (Å²) in [5.41, 5.74) is -0.0536. The molecule has 0 saturated carbocycles. The molecule has 0 fully saturated rings. The van der Waals surface area contributed by atoms with E-state index in [2.05, 4.69) is 4.99 Å². The topological polar surface area (TPSA) is 108 Å². The highest BCUT2D eigenvalue weighted by molar-refractivity contribution is 5.32. The zero-order valence-corrected chi connectivity index (χ0v) is 13.7. The van der Waals surface area contributed by atoms with E-state index in [0.29, 0.717) is 31.3 Å². The molecule has 9 nitrogen and oxygen atoms in total. The van der Waals surface area contributed by atoms with Crippen molar-refractivity contribution in [3.05, 3.63) is 58.2 Å². The molecule has 0 unspecified atom stereocenters. The Kier molecular flexibility index (Phi) is 6.78. The van der Waals surface area contributed by atoms with Crippen LogP contribution in [0.1, 0.15) is 0 Å². The van der Waals surface area contributed by atoms with Gasteiger partial charge in [-0.05, 0) is 12.1 Å². The molecule has 0 aliphatic heterocycles. The third kappa shape index (κ3) is 5.81. The molecule has 0 amide bonds. The van der Waals surface area contributed by atoms with Gasteiger partial charge in [-0.25, -0.2) is 0 Å². The number of nitrogens with zero attached hydrogens (tertiary/aromatic N) is 3. The van der Waals surface area contributed by atoms with Gasteiger partial charge in [0.05, 0.1) is 44.1 Å². The minimum absolute atomic E-state index is 0.0884. The molecular formula is C16H19N3O6. The Bertz CT molecular complexity index is 774. The normalized spacial score (nSPS) is 11.3. The summed E-state index contributed by atoms with van der Waals surface area (Å²) < 4.78 is 16.7. The van der Waals surface area contributed by atoms with Gasteiger partial charge in [0, 0.05) is 12.1 Å². The van der Waals surface area contributed by atoms with Crippen LogP contribution < -0.4 is 15.0 Å². The third-order valence-corrected chi connectivity index (χ3v) is 3.16. The van der Waals surface area contributed by atoms with E-state index < -0.39 is 4.92 Å². The van der Waals surface area contributed by atoms with E-state index in [4.69, 9.17) is 14.2 Å². The Balaban J connectivity index is 1.73. The van der Waals surface area contributed by atoms with Crippen LogP contribution in [0.2, 0.25) is 0 Å². The molecule has 0 aliphatic carbocycles. The molecule has 25 heavy (non-hydrogen) atoms. The van der Waals surface area contributed by atoms with E-state index >= 15 is 0 Å². The number of nitro groups is 1. The maximum atomic E-state index is 10.7. The SMILES string of the molecule is COc1cccc(OCCOCCN=c2cc([N+](=O)[O-])ccn2O)c1. The maximum absolute atomic E-state index is 10.7. The summed E-state index contributed by atoms with van der Waals surface area (Å²) in [5, 5.41) is 20.3. The van der Waals surface area contributed by atoms with Crippen LogP contribution >= 0.6 is 0 Å². The summed E-state index contributed by atoms with van der Waals surface area (Å²) >= 11 is 0. The molecule has 1 heterocycles. The van der Waals surface area contributed by atoms with E-state index in [9.17, 15) is 15.3 Å². The first-order chi connectivity index (χ1) is 12.1. The molecule has 0 atom stereocenters. The second-order valence-corrected chi connectivity index (χ2v) is 4.87. The monoisotopic (exact) mass is 349 g/mol. The van der Waals surface area contributed by atoms with Gasteiger partial charge in [-0.1, -0.05) is 6.07 Å². The van der Waals surface area contributed by atoms with Crippen molar-refractivity contribution in [1.29, 1.82) is 0 Å². The van der Waals surface area contributed by atoms with E-state index in [0.717, 1.165) is 4.73 Å². The first kappa shape index (κ1) is 18.3. The van der Waals surface area contributed by atoms with Gasteiger partial charge < -0.3 is 19.4 Å². The molecule has 0 saturated heterocycles.